The number of hydrogen-bond acceptors (Lipinski definition) is 3. The second-order valence-corrected chi connectivity index (χ2v) is 9.09. The van der Waals surface area contributed by atoms with Crippen LogP contribution in [0, 0.1) is 5.92 Å². The quantitative estimate of drug-likeness (QED) is 0.657. The van der Waals surface area contributed by atoms with Crippen LogP contribution in [0.4, 0.5) is 5.69 Å². The van der Waals surface area contributed by atoms with Crippen molar-refractivity contribution in [1.82, 2.24) is 4.90 Å². The van der Waals surface area contributed by atoms with Crippen molar-refractivity contribution in [2.75, 3.05) is 18.4 Å². The molecule has 1 saturated heterocycles. The highest BCUT2D eigenvalue weighted by molar-refractivity contribution is 6.35. The Balaban J connectivity index is 1.41. The molecule has 2 aliphatic rings. The lowest BCUT2D eigenvalue weighted by Crippen LogP contribution is -2.35. The van der Waals surface area contributed by atoms with Crippen LogP contribution in [-0.4, -0.2) is 35.0 Å². The van der Waals surface area contributed by atoms with Gasteiger partial charge in [0, 0.05) is 22.3 Å². The van der Waals surface area contributed by atoms with Crippen LogP contribution in [0.5, 0.6) is 0 Å². The lowest BCUT2D eigenvalue weighted by Gasteiger charge is -2.30. The molecule has 2 aromatic carbocycles. The molecule has 1 aliphatic carbocycles. The Morgan fingerprint density at radius 1 is 1.10 bits per heavy atom. The van der Waals surface area contributed by atoms with E-state index in [9.17, 15) is 9.59 Å². The summed E-state index contributed by atoms with van der Waals surface area (Å²) in [7, 11) is 0. The first-order valence-electron chi connectivity index (χ1n) is 10.2. The Morgan fingerprint density at radius 3 is 2.47 bits per heavy atom. The van der Waals surface area contributed by atoms with Crippen molar-refractivity contribution >= 4 is 40.8 Å². The molecule has 0 bridgehead atoms. The third kappa shape index (κ3) is 4.48. The van der Waals surface area contributed by atoms with E-state index in [1.807, 2.05) is 30.3 Å². The summed E-state index contributed by atoms with van der Waals surface area (Å²) in [5, 5.41) is 13.3. The fourth-order valence-corrected chi connectivity index (χ4v) is 4.81. The van der Waals surface area contributed by atoms with E-state index in [0.717, 1.165) is 49.3 Å². The lowest BCUT2D eigenvalue weighted by atomic mass is 9.94. The topological polar surface area (TPSA) is 69.6 Å². The van der Waals surface area contributed by atoms with E-state index in [4.69, 9.17) is 28.3 Å². The third-order valence-corrected chi connectivity index (χ3v) is 6.71. The van der Waals surface area contributed by atoms with Gasteiger partial charge in [-0.05, 0) is 74.2 Å². The van der Waals surface area contributed by atoms with E-state index >= 15 is 0 Å². The molecule has 0 atom stereocenters. The summed E-state index contributed by atoms with van der Waals surface area (Å²) >= 11 is 12.4. The summed E-state index contributed by atoms with van der Waals surface area (Å²) in [6.07, 6.45) is 2.88. The predicted octanol–water partition coefficient (Wildman–Crippen LogP) is 4.96. The SMILES string of the molecule is O=C(O)C1CCN(Cc2cccc(NC(=O)C3(c4ccc(Cl)cc4Cl)CC3)c2)CC1. The smallest absolute Gasteiger partial charge is 0.306 e. The highest BCUT2D eigenvalue weighted by atomic mass is 35.5. The predicted molar refractivity (Wildman–Crippen MR) is 118 cm³/mol. The third-order valence-electron chi connectivity index (χ3n) is 6.16. The molecule has 0 spiro atoms. The monoisotopic (exact) mass is 446 g/mol. The highest BCUT2D eigenvalue weighted by Gasteiger charge is 2.52. The molecule has 2 aromatic rings. The van der Waals surface area contributed by atoms with E-state index in [-0.39, 0.29) is 11.8 Å². The summed E-state index contributed by atoms with van der Waals surface area (Å²) in [5.74, 6) is -0.985. The molecule has 0 unspecified atom stereocenters. The molecule has 4 rings (SSSR count). The summed E-state index contributed by atoms with van der Waals surface area (Å²) in [5.41, 5.74) is 2.09. The summed E-state index contributed by atoms with van der Waals surface area (Å²) in [6, 6.07) is 13.1. The first-order valence-corrected chi connectivity index (χ1v) is 10.9. The normalized spacial score (nSPS) is 18.7. The lowest BCUT2D eigenvalue weighted by molar-refractivity contribution is -0.143. The molecular weight excluding hydrogens is 423 g/mol. The number of carboxylic acids is 1. The van der Waals surface area contributed by atoms with E-state index < -0.39 is 11.4 Å². The van der Waals surface area contributed by atoms with Crippen molar-refractivity contribution in [3.63, 3.8) is 0 Å². The number of nitrogens with one attached hydrogen (secondary N) is 1. The molecule has 2 N–H and O–H groups in total. The molecule has 0 aromatic heterocycles. The maximum Gasteiger partial charge on any atom is 0.306 e. The number of piperidine rings is 1. The average Bonchev–Trinajstić information content (AvgIpc) is 3.50. The van der Waals surface area contributed by atoms with Crippen molar-refractivity contribution in [3.8, 4) is 0 Å². The second kappa shape index (κ2) is 8.58. The molecule has 30 heavy (non-hydrogen) atoms. The molecule has 2 fully saturated rings. The van der Waals surface area contributed by atoms with Gasteiger partial charge in [0.2, 0.25) is 5.91 Å². The molecule has 1 saturated carbocycles. The van der Waals surface area contributed by atoms with Crippen molar-refractivity contribution in [3.05, 3.63) is 63.6 Å². The summed E-state index contributed by atoms with van der Waals surface area (Å²) < 4.78 is 0. The largest absolute Gasteiger partial charge is 0.481 e. The first kappa shape index (κ1) is 21.2. The zero-order chi connectivity index (χ0) is 21.3. The Bertz CT molecular complexity index is 967. The summed E-state index contributed by atoms with van der Waals surface area (Å²) in [6.45, 7) is 2.28. The Hall–Kier alpha value is -2.08. The van der Waals surface area contributed by atoms with Crippen LogP contribution in [0.2, 0.25) is 10.0 Å². The van der Waals surface area contributed by atoms with Gasteiger partial charge in [0.1, 0.15) is 0 Å². The van der Waals surface area contributed by atoms with E-state index in [1.165, 1.54) is 0 Å². The number of halogens is 2. The van der Waals surface area contributed by atoms with Gasteiger partial charge in [0.15, 0.2) is 0 Å². The van der Waals surface area contributed by atoms with Crippen molar-refractivity contribution in [2.24, 2.45) is 5.92 Å². The number of rotatable bonds is 6. The van der Waals surface area contributed by atoms with Crippen molar-refractivity contribution < 1.29 is 14.7 Å². The van der Waals surface area contributed by atoms with Gasteiger partial charge in [-0.2, -0.15) is 0 Å². The maximum atomic E-state index is 13.1. The van der Waals surface area contributed by atoms with Crippen LogP contribution >= 0.6 is 23.2 Å². The number of aliphatic carboxylic acids is 1. The second-order valence-electron chi connectivity index (χ2n) is 8.25. The number of amides is 1. The Morgan fingerprint density at radius 2 is 1.83 bits per heavy atom. The van der Waals surface area contributed by atoms with E-state index in [0.29, 0.717) is 22.9 Å². The number of benzene rings is 2. The first-order chi connectivity index (χ1) is 14.4. The van der Waals surface area contributed by atoms with Gasteiger partial charge in [-0.15, -0.1) is 0 Å². The van der Waals surface area contributed by atoms with Gasteiger partial charge in [-0.3, -0.25) is 14.5 Å². The number of carbonyl (C=O) groups is 2. The molecule has 5 nitrogen and oxygen atoms in total. The number of carbonyl (C=O) groups excluding carboxylic acids is 1. The van der Waals surface area contributed by atoms with Crippen LogP contribution in [0.1, 0.15) is 36.8 Å². The van der Waals surface area contributed by atoms with Crippen molar-refractivity contribution in [2.45, 2.75) is 37.6 Å². The number of nitrogens with zero attached hydrogens (tertiary/aromatic N) is 1. The van der Waals surface area contributed by atoms with Gasteiger partial charge >= 0.3 is 5.97 Å². The molecule has 7 heteroatoms. The van der Waals surface area contributed by atoms with Crippen LogP contribution in [-0.2, 0) is 21.5 Å². The Kier molecular flexibility index (Phi) is 6.05. The molecule has 1 heterocycles. The zero-order valence-corrected chi connectivity index (χ0v) is 18.0. The molecule has 158 valence electrons. The minimum absolute atomic E-state index is 0.0499. The standard InChI is InChI=1S/C23H24Cl2N2O3/c24-17-4-5-19(20(25)13-17)23(8-9-23)22(30)26-18-3-1-2-15(12-18)14-27-10-6-16(7-11-27)21(28)29/h1-5,12-13,16H,6-11,14H2,(H,26,30)(H,28,29). The zero-order valence-electron chi connectivity index (χ0n) is 16.5. The van der Waals surface area contributed by atoms with Gasteiger partial charge < -0.3 is 10.4 Å². The van der Waals surface area contributed by atoms with Gasteiger partial charge in [0.25, 0.3) is 0 Å². The summed E-state index contributed by atoms with van der Waals surface area (Å²) in [4.78, 5) is 26.4. The molecule has 1 amide bonds. The minimum atomic E-state index is -0.700. The number of anilines is 1. The van der Waals surface area contributed by atoms with Crippen LogP contribution < -0.4 is 5.32 Å². The maximum absolute atomic E-state index is 13.1. The number of hydrogen-bond donors (Lipinski definition) is 2. The molecule has 0 radical (unpaired) electrons. The van der Waals surface area contributed by atoms with Crippen LogP contribution in [0.25, 0.3) is 0 Å². The van der Waals surface area contributed by atoms with Crippen molar-refractivity contribution in [1.29, 1.82) is 0 Å². The van der Waals surface area contributed by atoms with Gasteiger partial charge in [-0.1, -0.05) is 41.4 Å². The van der Waals surface area contributed by atoms with Gasteiger partial charge in [-0.25, -0.2) is 0 Å². The Labute approximate surface area is 186 Å². The minimum Gasteiger partial charge on any atom is -0.481 e. The van der Waals surface area contributed by atoms with Crippen LogP contribution in [0.3, 0.4) is 0 Å². The highest BCUT2D eigenvalue weighted by Crippen LogP contribution is 2.51. The number of likely N-dealkylation sites (tertiary alicyclic amines) is 1. The average molecular weight is 447 g/mol. The molecule has 1 aliphatic heterocycles. The fraction of sp³-hybridized carbons (Fsp3) is 0.391. The van der Waals surface area contributed by atoms with E-state index in [1.54, 1.807) is 12.1 Å². The van der Waals surface area contributed by atoms with E-state index in [2.05, 4.69) is 10.2 Å². The number of carboxylic acid groups (broad SMARTS) is 1. The fourth-order valence-electron chi connectivity index (χ4n) is 4.22. The van der Waals surface area contributed by atoms with Crippen LogP contribution in [0.15, 0.2) is 42.5 Å². The van der Waals surface area contributed by atoms with Gasteiger partial charge in [0.05, 0.1) is 11.3 Å². The molecular formula is C23H24Cl2N2O3.